The van der Waals surface area contributed by atoms with Crippen LogP contribution in [0.15, 0.2) is 85.1 Å². The van der Waals surface area contributed by atoms with Gasteiger partial charge in [0.15, 0.2) is 0 Å². The van der Waals surface area contributed by atoms with Crippen molar-refractivity contribution in [1.82, 2.24) is 9.47 Å². The molecule has 0 bridgehead atoms. The number of halogens is 2. The number of aryl methyl sites for hydroxylation is 1. The molecule has 1 aliphatic heterocycles. The summed E-state index contributed by atoms with van der Waals surface area (Å²) in [6.45, 7) is 2.35. The van der Waals surface area contributed by atoms with Crippen molar-refractivity contribution in [2.75, 3.05) is 5.32 Å². The number of rotatable bonds is 3. The lowest BCUT2D eigenvalue weighted by molar-refractivity contribution is 0.194. The number of carbonyl (C=O) groups is 1. The first kappa shape index (κ1) is 20.9. The van der Waals surface area contributed by atoms with Crippen LogP contribution in [0.25, 0.3) is 5.69 Å². The first-order valence-corrected chi connectivity index (χ1v) is 10.9. The van der Waals surface area contributed by atoms with Crippen LogP contribution < -0.4 is 5.32 Å². The average Bonchev–Trinajstić information content (AvgIpc) is 3.23. The Morgan fingerprint density at radius 1 is 0.970 bits per heavy atom. The van der Waals surface area contributed by atoms with Gasteiger partial charge in [-0.2, -0.15) is 0 Å². The molecule has 0 fully saturated rings. The number of fused-ring (bicyclic) bond motifs is 3. The van der Waals surface area contributed by atoms with Crippen molar-refractivity contribution in [3.8, 4) is 5.69 Å². The highest BCUT2D eigenvalue weighted by Crippen LogP contribution is 2.37. The summed E-state index contributed by atoms with van der Waals surface area (Å²) in [5.74, 6) is -1.36. The normalized spacial score (nSPS) is 14.9. The predicted molar refractivity (Wildman–Crippen MR) is 124 cm³/mol. The fourth-order valence-electron chi connectivity index (χ4n) is 4.44. The maximum Gasteiger partial charge on any atom is 0.322 e. The maximum atomic E-state index is 14.2. The number of para-hydroxylation sites is 1. The summed E-state index contributed by atoms with van der Waals surface area (Å²) >= 11 is 0. The van der Waals surface area contributed by atoms with E-state index in [1.54, 1.807) is 4.90 Å². The second kappa shape index (κ2) is 8.54. The number of hydrogen-bond donors (Lipinski definition) is 1. The summed E-state index contributed by atoms with van der Waals surface area (Å²) in [4.78, 5) is 15.2. The van der Waals surface area contributed by atoms with Crippen molar-refractivity contribution >= 4 is 11.7 Å². The molecule has 1 aliphatic rings. The van der Waals surface area contributed by atoms with Gasteiger partial charge in [-0.15, -0.1) is 0 Å². The molecule has 5 rings (SSSR count). The molecular weight excluding hydrogens is 420 g/mol. The molecule has 3 aromatic carbocycles. The van der Waals surface area contributed by atoms with E-state index >= 15 is 0 Å². The van der Waals surface area contributed by atoms with E-state index in [-0.39, 0.29) is 12.6 Å². The molecule has 0 radical (unpaired) electrons. The Morgan fingerprint density at radius 3 is 2.42 bits per heavy atom. The minimum Gasteiger partial charge on any atom is -0.318 e. The van der Waals surface area contributed by atoms with Crippen molar-refractivity contribution < 1.29 is 13.6 Å². The van der Waals surface area contributed by atoms with Crippen LogP contribution in [0.3, 0.4) is 0 Å². The molecule has 2 amide bonds. The zero-order chi connectivity index (χ0) is 22.9. The lowest BCUT2D eigenvalue weighted by Crippen LogP contribution is -2.38. The van der Waals surface area contributed by atoms with E-state index in [1.807, 2.05) is 71.4 Å². The molecule has 6 heteroatoms. The zero-order valence-electron chi connectivity index (χ0n) is 18.1. The fourth-order valence-corrected chi connectivity index (χ4v) is 4.44. The van der Waals surface area contributed by atoms with Gasteiger partial charge in [-0.1, -0.05) is 37.3 Å². The molecular formula is C27H23F2N3O. The molecule has 0 saturated heterocycles. The first-order valence-electron chi connectivity index (χ1n) is 10.9. The van der Waals surface area contributed by atoms with Crippen molar-refractivity contribution in [2.24, 2.45) is 0 Å². The molecule has 0 aliphatic carbocycles. The number of hydrogen-bond acceptors (Lipinski definition) is 1. The number of nitrogens with zero attached hydrogens (tertiary/aromatic N) is 2. The summed E-state index contributed by atoms with van der Waals surface area (Å²) < 4.78 is 30.4. The Hall–Kier alpha value is -3.93. The molecule has 1 N–H and O–H groups in total. The largest absolute Gasteiger partial charge is 0.322 e. The minimum absolute atomic E-state index is 0.277. The molecule has 0 spiro atoms. The van der Waals surface area contributed by atoms with Gasteiger partial charge >= 0.3 is 6.03 Å². The Kier molecular flexibility index (Phi) is 5.42. The standard InChI is InChI=1S/C27H23F2N3O/c1-2-18-9-11-23(12-10-18)30-27(33)32-17-19-6-3-4-7-24(19)31-13-5-8-25(31)26(32)20-14-21(28)16-22(29)15-20/h3-16,26H,2,17H2,1H3,(H,30,33). The third-order valence-electron chi connectivity index (χ3n) is 6.04. The monoisotopic (exact) mass is 443 g/mol. The summed E-state index contributed by atoms with van der Waals surface area (Å²) in [5.41, 5.74) is 4.82. The highest BCUT2D eigenvalue weighted by Gasteiger charge is 2.33. The molecule has 1 atom stereocenters. The van der Waals surface area contributed by atoms with Crippen molar-refractivity contribution in [3.63, 3.8) is 0 Å². The SMILES string of the molecule is CCc1ccc(NC(=O)N2Cc3ccccc3-n3cccc3C2c2cc(F)cc(F)c2)cc1. The van der Waals surface area contributed by atoms with E-state index in [9.17, 15) is 13.6 Å². The second-order valence-electron chi connectivity index (χ2n) is 8.15. The van der Waals surface area contributed by atoms with Crippen LogP contribution in [-0.4, -0.2) is 15.5 Å². The molecule has 2 heterocycles. The van der Waals surface area contributed by atoms with Crippen LogP contribution in [0.1, 0.15) is 35.3 Å². The fraction of sp³-hybridized carbons (Fsp3) is 0.148. The number of carbonyl (C=O) groups excluding carboxylic acids is 1. The van der Waals surface area contributed by atoms with Gasteiger partial charge in [0.1, 0.15) is 11.6 Å². The molecule has 4 nitrogen and oxygen atoms in total. The lowest BCUT2D eigenvalue weighted by atomic mass is 10.0. The number of nitrogens with one attached hydrogen (secondary N) is 1. The Balaban J connectivity index is 1.62. The molecule has 0 saturated carbocycles. The van der Waals surface area contributed by atoms with Crippen LogP contribution in [0.2, 0.25) is 0 Å². The van der Waals surface area contributed by atoms with Crippen molar-refractivity contribution in [1.29, 1.82) is 0 Å². The van der Waals surface area contributed by atoms with E-state index in [4.69, 9.17) is 0 Å². The molecule has 1 unspecified atom stereocenters. The lowest BCUT2D eigenvalue weighted by Gasteiger charge is -2.31. The zero-order valence-corrected chi connectivity index (χ0v) is 18.1. The predicted octanol–water partition coefficient (Wildman–Crippen LogP) is 6.46. The number of aromatic nitrogens is 1. The maximum absolute atomic E-state index is 14.2. The second-order valence-corrected chi connectivity index (χ2v) is 8.15. The number of benzene rings is 3. The molecule has 33 heavy (non-hydrogen) atoms. The third-order valence-corrected chi connectivity index (χ3v) is 6.04. The van der Waals surface area contributed by atoms with Gasteiger partial charge in [0.2, 0.25) is 0 Å². The van der Waals surface area contributed by atoms with Crippen LogP contribution in [0.5, 0.6) is 0 Å². The van der Waals surface area contributed by atoms with Crippen molar-refractivity contribution in [3.05, 3.63) is 119 Å². The average molecular weight is 443 g/mol. The summed E-state index contributed by atoms with van der Waals surface area (Å²) in [5, 5.41) is 2.96. The van der Waals surface area contributed by atoms with E-state index < -0.39 is 17.7 Å². The Morgan fingerprint density at radius 2 is 1.70 bits per heavy atom. The third kappa shape index (κ3) is 4.00. The smallest absolute Gasteiger partial charge is 0.318 e. The van der Waals surface area contributed by atoms with Gasteiger partial charge in [0, 0.05) is 23.6 Å². The summed E-state index contributed by atoms with van der Waals surface area (Å²) in [6, 6.07) is 21.6. The number of urea groups is 1. The van der Waals surface area contributed by atoms with Gasteiger partial charge in [-0.3, -0.25) is 0 Å². The Bertz CT molecular complexity index is 1290. The topological polar surface area (TPSA) is 37.3 Å². The number of anilines is 1. The van der Waals surface area contributed by atoms with Gasteiger partial charge in [-0.05, 0) is 65.6 Å². The van der Waals surface area contributed by atoms with Crippen LogP contribution in [0, 0.1) is 11.6 Å². The first-order chi connectivity index (χ1) is 16.0. The van der Waals surface area contributed by atoms with Crippen LogP contribution in [0.4, 0.5) is 19.3 Å². The van der Waals surface area contributed by atoms with E-state index in [2.05, 4.69) is 12.2 Å². The quantitative estimate of drug-likeness (QED) is 0.388. The van der Waals surface area contributed by atoms with Gasteiger partial charge in [0.25, 0.3) is 0 Å². The van der Waals surface area contributed by atoms with Crippen molar-refractivity contribution in [2.45, 2.75) is 25.9 Å². The van der Waals surface area contributed by atoms with Gasteiger partial charge in [-0.25, -0.2) is 13.6 Å². The highest BCUT2D eigenvalue weighted by atomic mass is 19.1. The molecule has 4 aromatic rings. The van der Waals surface area contributed by atoms with Crippen LogP contribution in [-0.2, 0) is 13.0 Å². The molecule has 166 valence electrons. The van der Waals surface area contributed by atoms with Crippen LogP contribution >= 0.6 is 0 Å². The van der Waals surface area contributed by atoms with E-state index in [1.165, 1.54) is 17.7 Å². The highest BCUT2D eigenvalue weighted by molar-refractivity contribution is 5.90. The summed E-state index contributed by atoms with van der Waals surface area (Å²) in [6.07, 6.45) is 2.81. The Labute approximate surface area is 191 Å². The van der Waals surface area contributed by atoms with E-state index in [0.29, 0.717) is 11.3 Å². The minimum atomic E-state index is -0.687. The number of amides is 2. The van der Waals surface area contributed by atoms with Gasteiger partial charge in [0.05, 0.1) is 18.3 Å². The molecule has 1 aromatic heterocycles. The summed E-state index contributed by atoms with van der Waals surface area (Å²) in [7, 11) is 0. The van der Waals surface area contributed by atoms with E-state index in [0.717, 1.165) is 29.4 Å². The van der Waals surface area contributed by atoms with Gasteiger partial charge < -0.3 is 14.8 Å².